The number of carbonyl (C=O) groups excluding carboxylic acids is 1. The highest BCUT2D eigenvalue weighted by atomic mass is 16.5. The van der Waals surface area contributed by atoms with Crippen molar-refractivity contribution in [1.29, 1.82) is 0 Å². The minimum Gasteiger partial charge on any atom is -0.448 e. The fourth-order valence-corrected chi connectivity index (χ4v) is 2.71. The van der Waals surface area contributed by atoms with Crippen LogP contribution in [0.5, 0.6) is 0 Å². The van der Waals surface area contributed by atoms with Crippen LogP contribution in [0.3, 0.4) is 0 Å². The largest absolute Gasteiger partial charge is 0.448 e. The summed E-state index contributed by atoms with van der Waals surface area (Å²) in [7, 11) is 0. The summed E-state index contributed by atoms with van der Waals surface area (Å²) in [6, 6.07) is 3.69. The molecule has 0 radical (unpaired) electrons. The molecule has 7 nitrogen and oxygen atoms in total. The van der Waals surface area contributed by atoms with Crippen LogP contribution in [0.4, 0.5) is 5.82 Å². The fourth-order valence-electron chi connectivity index (χ4n) is 2.71. The highest BCUT2D eigenvalue weighted by Gasteiger charge is 2.25. The molecule has 7 heteroatoms. The number of oxazole rings is 1. The Morgan fingerprint density at radius 3 is 2.61 bits per heavy atom. The van der Waals surface area contributed by atoms with E-state index in [1.165, 1.54) is 19.1 Å². The lowest BCUT2D eigenvalue weighted by molar-refractivity contribution is 0.0794. The first-order valence-electron chi connectivity index (χ1n) is 7.98. The zero-order valence-electron chi connectivity index (χ0n) is 12.7. The number of nitrogens with zero attached hydrogens (tertiary/aromatic N) is 3. The van der Waals surface area contributed by atoms with E-state index >= 15 is 0 Å². The van der Waals surface area contributed by atoms with E-state index in [0.717, 1.165) is 18.5 Å². The Morgan fingerprint density at radius 2 is 1.91 bits per heavy atom. The molecular weight excluding hydrogens is 296 g/mol. The van der Waals surface area contributed by atoms with Gasteiger partial charge in [-0.3, -0.25) is 4.79 Å². The number of nitrogens with one attached hydrogen (secondary N) is 1. The molecule has 1 N–H and O–H groups in total. The number of carbonyl (C=O) groups is 1. The molecule has 2 aliphatic rings. The summed E-state index contributed by atoms with van der Waals surface area (Å²) in [5.74, 6) is 1.47. The van der Waals surface area contributed by atoms with Crippen LogP contribution >= 0.6 is 0 Å². The predicted octanol–water partition coefficient (Wildman–Crippen LogP) is 2.49. The van der Waals surface area contributed by atoms with Crippen LogP contribution in [0.25, 0.3) is 0 Å². The van der Waals surface area contributed by atoms with Gasteiger partial charge in [0, 0.05) is 25.0 Å². The van der Waals surface area contributed by atoms with Crippen LogP contribution in [0.1, 0.15) is 59.6 Å². The smallest absolute Gasteiger partial charge is 0.278 e. The van der Waals surface area contributed by atoms with Crippen molar-refractivity contribution in [3.8, 4) is 0 Å². The molecule has 120 valence electrons. The average Bonchev–Trinajstić information content (AvgIpc) is 3.32. The Morgan fingerprint density at radius 1 is 1.09 bits per heavy atom. The number of amides is 1. The van der Waals surface area contributed by atoms with E-state index in [0.29, 0.717) is 30.8 Å². The van der Waals surface area contributed by atoms with Gasteiger partial charge in [-0.05, 0) is 37.8 Å². The lowest BCUT2D eigenvalue weighted by atomic mass is 10.0. The number of aromatic nitrogens is 3. The van der Waals surface area contributed by atoms with E-state index in [2.05, 4.69) is 20.5 Å². The predicted molar refractivity (Wildman–Crippen MR) is 81.3 cm³/mol. The lowest BCUT2D eigenvalue weighted by Gasteiger charge is -2.18. The SMILES string of the molecule is O=C(Nc1ccc(C2CC2)nn1)c1coc(C2CCOCC2)n1. The van der Waals surface area contributed by atoms with Gasteiger partial charge >= 0.3 is 0 Å². The van der Waals surface area contributed by atoms with Gasteiger partial charge < -0.3 is 14.5 Å². The van der Waals surface area contributed by atoms with E-state index in [1.54, 1.807) is 6.07 Å². The first-order valence-corrected chi connectivity index (χ1v) is 7.98. The quantitative estimate of drug-likeness (QED) is 0.932. The van der Waals surface area contributed by atoms with Gasteiger partial charge in [-0.1, -0.05) is 0 Å². The minimum absolute atomic E-state index is 0.225. The van der Waals surface area contributed by atoms with Crippen LogP contribution in [0.15, 0.2) is 22.8 Å². The zero-order valence-corrected chi connectivity index (χ0v) is 12.7. The topological polar surface area (TPSA) is 90.1 Å². The molecule has 23 heavy (non-hydrogen) atoms. The van der Waals surface area contributed by atoms with Crippen LogP contribution in [-0.4, -0.2) is 34.3 Å². The highest BCUT2D eigenvalue weighted by Crippen LogP contribution is 2.38. The molecule has 0 atom stereocenters. The molecule has 2 aromatic heterocycles. The van der Waals surface area contributed by atoms with Gasteiger partial charge in [-0.2, -0.15) is 5.10 Å². The summed E-state index contributed by atoms with van der Waals surface area (Å²) in [5, 5.41) is 10.9. The summed E-state index contributed by atoms with van der Waals surface area (Å²) in [5.41, 5.74) is 1.26. The number of hydrogen-bond acceptors (Lipinski definition) is 6. The van der Waals surface area contributed by atoms with Gasteiger partial charge in [-0.25, -0.2) is 4.98 Å². The minimum atomic E-state index is -0.333. The van der Waals surface area contributed by atoms with Crippen LogP contribution in [0.2, 0.25) is 0 Å². The van der Waals surface area contributed by atoms with Gasteiger partial charge in [0.05, 0.1) is 5.69 Å². The Balaban J connectivity index is 1.41. The van der Waals surface area contributed by atoms with Gasteiger partial charge in [0.25, 0.3) is 5.91 Å². The molecule has 1 amide bonds. The molecule has 3 heterocycles. The van der Waals surface area contributed by atoms with Crippen molar-refractivity contribution in [3.05, 3.63) is 35.7 Å². The monoisotopic (exact) mass is 314 g/mol. The van der Waals surface area contributed by atoms with E-state index < -0.39 is 0 Å². The van der Waals surface area contributed by atoms with Crippen LogP contribution in [0, 0.1) is 0 Å². The molecule has 1 saturated carbocycles. The molecule has 2 fully saturated rings. The Bertz CT molecular complexity index is 688. The second-order valence-electron chi connectivity index (χ2n) is 6.03. The molecule has 0 bridgehead atoms. The van der Waals surface area contributed by atoms with Crippen molar-refractivity contribution in [2.24, 2.45) is 0 Å². The van der Waals surface area contributed by atoms with Crippen molar-refractivity contribution in [2.75, 3.05) is 18.5 Å². The third-order valence-corrected chi connectivity index (χ3v) is 4.25. The Kier molecular flexibility index (Phi) is 3.78. The fraction of sp³-hybridized carbons (Fsp3) is 0.500. The average molecular weight is 314 g/mol. The molecule has 0 aromatic carbocycles. The molecule has 1 aliphatic heterocycles. The summed E-state index contributed by atoms with van der Waals surface area (Å²) < 4.78 is 10.8. The Hall–Kier alpha value is -2.28. The first-order chi connectivity index (χ1) is 11.3. The van der Waals surface area contributed by atoms with E-state index in [4.69, 9.17) is 9.15 Å². The standard InChI is InChI=1S/C16H18N4O3/c21-15(18-14-4-3-12(19-20-14)10-1-2-10)13-9-23-16(17-13)11-5-7-22-8-6-11/h3-4,9-11H,1-2,5-8H2,(H,18,20,21). The molecule has 1 aliphatic carbocycles. The third-order valence-electron chi connectivity index (χ3n) is 4.25. The van der Waals surface area contributed by atoms with E-state index in [1.807, 2.05) is 6.07 Å². The normalized spacial score (nSPS) is 18.8. The van der Waals surface area contributed by atoms with E-state index in [9.17, 15) is 4.79 Å². The lowest BCUT2D eigenvalue weighted by Crippen LogP contribution is -2.16. The van der Waals surface area contributed by atoms with Crippen molar-refractivity contribution >= 4 is 11.7 Å². The summed E-state index contributed by atoms with van der Waals surface area (Å²) in [6.45, 7) is 1.41. The van der Waals surface area contributed by atoms with Crippen molar-refractivity contribution in [1.82, 2.24) is 15.2 Å². The Labute approximate surface area is 133 Å². The third kappa shape index (κ3) is 3.24. The van der Waals surface area contributed by atoms with Crippen LogP contribution < -0.4 is 5.32 Å². The number of ether oxygens (including phenoxy) is 1. The molecule has 4 rings (SSSR count). The van der Waals surface area contributed by atoms with Gasteiger partial charge in [-0.15, -0.1) is 5.10 Å². The van der Waals surface area contributed by atoms with Crippen molar-refractivity contribution in [2.45, 2.75) is 37.5 Å². The highest BCUT2D eigenvalue weighted by molar-refractivity contribution is 6.02. The second-order valence-corrected chi connectivity index (χ2v) is 6.03. The summed E-state index contributed by atoms with van der Waals surface area (Å²) in [4.78, 5) is 16.5. The second kappa shape index (κ2) is 6.08. The molecule has 2 aromatic rings. The summed E-state index contributed by atoms with van der Waals surface area (Å²) >= 11 is 0. The first kappa shape index (κ1) is 14.3. The van der Waals surface area contributed by atoms with Gasteiger partial charge in [0.1, 0.15) is 6.26 Å². The summed E-state index contributed by atoms with van der Waals surface area (Å²) in [6.07, 6.45) is 5.49. The van der Waals surface area contributed by atoms with E-state index in [-0.39, 0.29) is 17.5 Å². The maximum absolute atomic E-state index is 12.2. The van der Waals surface area contributed by atoms with Crippen molar-refractivity contribution < 1.29 is 13.9 Å². The molecule has 0 spiro atoms. The zero-order chi connectivity index (χ0) is 15.6. The van der Waals surface area contributed by atoms with Gasteiger partial charge in [0.2, 0.25) is 0 Å². The van der Waals surface area contributed by atoms with Crippen LogP contribution in [-0.2, 0) is 4.74 Å². The molecular formula is C16H18N4O3. The van der Waals surface area contributed by atoms with Crippen molar-refractivity contribution in [3.63, 3.8) is 0 Å². The van der Waals surface area contributed by atoms with Gasteiger partial charge in [0.15, 0.2) is 17.4 Å². The maximum Gasteiger partial charge on any atom is 0.278 e. The number of hydrogen-bond donors (Lipinski definition) is 1. The number of anilines is 1. The molecule has 0 unspecified atom stereocenters. The maximum atomic E-state index is 12.2. The number of rotatable bonds is 4. The molecule has 1 saturated heterocycles.